The van der Waals surface area contributed by atoms with E-state index >= 15 is 0 Å². The monoisotopic (exact) mass is 293 g/mol. The molecule has 0 heterocycles. The SMILES string of the molecule is Cc1cc(Br)c(O)c(NCC(O)CCl)c1. The first kappa shape index (κ1) is 12.6. The molecule has 1 atom stereocenters. The molecule has 0 aliphatic heterocycles. The zero-order chi connectivity index (χ0) is 11.4. The molecule has 84 valence electrons. The lowest BCUT2D eigenvalue weighted by Crippen LogP contribution is -2.20. The van der Waals surface area contributed by atoms with E-state index in [-0.39, 0.29) is 11.6 Å². The number of anilines is 1. The summed E-state index contributed by atoms with van der Waals surface area (Å²) in [4.78, 5) is 0. The van der Waals surface area contributed by atoms with Crippen molar-refractivity contribution < 1.29 is 10.2 Å². The number of aliphatic hydroxyl groups excluding tert-OH is 1. The van der Waals surface area contributed by atoms with Gasteiger partial charge in [0.2, 0.25) is 0 Å². The number of hydrogen-bond donors (Lipinski definition) is 3. The molecule has 0 aromatic heterocycles. The first-order valence-electron chi connectivity index (χ1n) is 4.51. The molecular weight excluding hydrogens is 281 g/mol. The van der Waals surface area contributed by atoms with E-state index in [0.717, 1.165) is 5.56 Å². The van der Waals surface area contributed by atoms with Gasteiger partial charge in [0.15, 0.2) is 5.75 Å². The third kappa shape index (κ3) is 3.55. The Kier molecular flexibility index (Phi) is 4.70. The van der Waals surface area contributed by atoms with Crippen LogP contribution in [0.25, 0.3) is 0 Å². The van der Waals surface area contributed by atoms with Crippen molar-refractivity contribution in [3.05, 3.63) is 22.2 Å². The standard InChI is InChI=1S/C10H13BrClNO2/c1-6-2-8(11)10(15)9(3-6)13-5-7(14)4-12/h2-3,7,13-15H,4-5H2,1H3. The molecule has 0 spiro atoms. The van der Waals surface area contributed by atoms with Crippen LogP contribution in [0.15, 0.2) is 16.6 Å². The summed E-state index contributed by atoms with van der Waals surface area (Å²) in [6, 6.07) is 3.62. The molecule has 0 saturated heterocycles. The van der Waals surface area contributed by atoms with Gasteiger partial charge in [0.05, 0.1) is 22.1 Å². The molecule has 0 radical (unpaired) electrons. The highest BCUT2D eigenvalue weighted by atomic mass is 79.9. The Hall–Kier alpha value is -0.450. The van der Waals surface area contributed by atoms with Crippen LogP contribution in [0.1, 0.15) is 5.56 Å². The highest BCUT2D eigenvalue weighted by molar-refractivity contribution is 9.10. The number of hydrogen-bond acceptors (Lipinski definition) is 3. The fourth-order valence-electron chi connectivity index (χ4n) is 1.15. The van der Waals surface area contributed by atoms with E-state index in [0.29, 0.717) is 16.7 Å². The van der Waals surface area contributed by atoms with Gasteiger partial charge in [-0.25, -0.2) is 0 Å². The predicted octanol–water partition coefficient (Wildman–Crippen LogP) is 2.47. The van der Waals surface area contributed by atoms with E-state index in [9.17, 15) is 10.2 Å². The third-order valence-electron chi connectivity index (χ3n) is 1.91. The smallest absolute Gasteiger partial charge is 0.152 e. The molecule has 3 N–H and O–H groups in total. The lowest BCUT2D eigenvalue weighted by molar-refractivity contribution is 0.211. The Morgan fingerprint density at radius 2 is 2.20 bits per heavy atom. The summed E-state index contributed by atoms with van der Waals surface area (Å²) in [5.41, 5.74) is 1.61. The molecule has 1 rings (SSSR count). The maximum Gasteiger partial charge on any atom is 0.152 e. The number of aryl methyl sites for hydroxylation is 1. The van der Waals surface area contributed by atoms with Gasteiger partial charge >= 0.3 is 0 Å². The highest BCUT2D eigenvalue weighted by Gasteiger charge is 2.08. The molecule has 0 aliphatic rings. The molecule has 0 bridgehead atoms. The fraction of sp³-hybridized carbons (Fsp3) is 0.400. The van der Waals surface area contributed by atoms with E-state index in [2.05, 4.69) is 21.2 Å². The second-order valence-electron chi connectivity index (χ2n) is 3.33. The zero-order valence-electron chi connectivity index (χ0n) is 8.30. The Bertz CT molecular complexity index is 346. The lowest BCUT2D eigenvalue weighted by Gasteiger charge is -2.13. The molecule has 1 aromatic carbocycles. The van der Waals surface area contributed by atoms with Crippen LogP contribution in [0.5, 0.6) is 5.75 Å². The highest BCUT2D eigenvalue weighted by Crippen LogP contribution is 2.33. The molecule has 5 heteroatoms. The Morgan fingerprint density at radius 3 is 2.80 bits per heavy atom. The molecule has 0 aliphatic carbocycles. The van der Waals surface area contributed by atoms with Gasteiger partial charge in [0, 0.05) is 6.54 Å². The average molecular weight is 295 g/mol. The van der Waals surface area contributed by atoms with Crippen molar-refractivity contribution in [2.24, 2.45) is 0 Å². The van der Waals surface area contributed by atoms with Gasteiger partial charge in [0.25, 0.3) is 0 Å². The molecule has 1 aromatic rings. The van der Waals surface area contributed by atoms with Crippen molar-refractivity contribution >= 4 is 33.2 Å². The quantitative estimate of drug-likeness (QED) is 0.591. The number of rotatable bonds is 4. The summed E-state index contributed by atoms with van der Waals surface area (Å²) in [5.74, 6) is 0.308. The summed E-state index contributed by atoms with van der Waals surface area (Å²) in [6.07, 6.45) is -0.620. The summed E-state index contributed by atoms with van der Waals surface area (Å²) < 4.78 is 0.630. The number of aromatic hydroxyl groups is 1. The number of alkyl halides is 1. The second kappa shape index (κ2) is 5.58. The van der Waals surface area contributed by atoms with Gasteiger partial charge in [-0.15, -0.1) is 11.6 Å². The minimum Gasteiger partial charge on any atom is -0.505 e. The molecule has 0 amide bonds. The molecule has 1 unspecified atom stereocenters. The van der Waals surface area contributed by atoms with Crippen LogP contribution in [-0.2, 0) is 0 Å². The van der Waals surface area contributed by atoms with Crippen molar-refractivity contribution in [3.63, 3.8) is 0 Å². The second-order valence-corrected chi connectivity index (χ2v) is 4.49. The van der Waals surface area contributed by atoms with Crippen LogP contribution in [0, 0.1) is 6.92 Å². The third-order valence-corrected chi connectivity index (χ3v) is 2.87. The lowest BCUT2D eigenvalue weighted by atomic mass is 10.2. The van der Waals surface area contributed by atoms with Gasteiger partial charge in [-0.2, -0.15) is 0 Å². The fourth-order valence-corrected chi connectivity index (χ4v) is 1.84. The van der Waals surface area contributed by atoms with Gasteiger partial charge in [-0.1, -0.05) is 0 Å². The number of phenolic OH excluding ortho intramolecular Hbond substituents is 1. The van der Waals surface area contributed by atoms with Gasteiger partial charge < -0.3 is 15.5 Å². The Balaban J connectivity index is 2.76. The van der Waals surface area contributed by atoms with Crippen LogP contribution in [0.4, 0.5) is 5.69 Å². The Morgan fingerprint density at radius 1 is 1.53 bits per heavy atom. The zero-order valence-corrected chi connectivity index (χ0v) is 10.6. The molecule has 15 heavy (non-hydrogen) atoms. The van der Waals surface area contributed by atoms with Crippen LogP contribution in [0.3, 0.4) is 0 Å². The minimum absolute atomic E-state index is 0.141. The van der Waals surface area contributed by atoms with Crippen LogP contribution in [-0.4, -0.2) is 28.7 Å². The van der Waals surface area contributed by atoms with Gasteiger partial charge in [0.1, 0.15) is 0 Å². The number of halogens is 2. The number of aliphatic hydroxyl groups is 1. The van der Waals surface area contributed by atoms with Gasteiger partial charge in [-0.3, -0.25) is 0 Å². The van der Waals surface area contributed by atoms with Crippen molar-refractivity contribution in [1.82, 2.24) is 0 Å². The number of phenols is 1. The Labute approximate surface area is 102 Å². The topological polar surface area (TPSA) is 52.5 Å². The van der Waals surface area contributed by atoms with Crippen LogP contribution in [0.2, 0.25) is 0 Å². The summed E-state index contributed by atoms with van der Waals surface area (Å²) >= 11 is 8.70. The summed E-state index contributed by atoms with van der Waals surface area (Å²) in [5, 5.41) is 21.9. The minimum atomic E-state index is -0.620. The molecule has 3 nitrogen and oxygen atoms in total. The van der Waals surface area contributed by atoms with Crippen molar-refractivity contribution in [3.8, 4) is 5.75 Å². The van der Waals surface area contributed by atoms with Crippen molar-refractivity contribution in [2.45, 2.75) is 13.0 Å². The molecule has 0 saturated carbocycles. The van der Waals surface area contributed by atoms with Crippen molar-refractivity contribution in [1.29, 1.82) is 0 Å². The van der Waals surface area contributed by atoms with E-state index in [1.165, 1.54) is 0 Å². The van der Waals surface area contributed by atoms with E-state index in [1.807, 2.05) is 13.0 Å². The molecule has 0 fully saturated rings. The van der Waals surface area contributed by atoms with Crippen molar-refractivity contribution in [2.75, 3.05) is 17.7 Å². The van der Waals surface area contributed by atoms with Gasteiger partial charge in [-0.05, 0) is 40.5 Å². The summed E-state index contributed by atoms with van der Waals surface area (Å²) in [7, 11) is 0. The number of nitrogens with one attached hydrogen (secondary N) is 1. The number of benzene rings is 1. The average Bonchev–Trinajstić information content (AvgIpc) is 2.20. The normalized spacial score (nSPS) is 12.5. The van der Waals surface area contributed by atoms with E-state index in [4.69, 9.17) is 11.6 Å². The summed E-state index contributed by atoms with van der Waals surface area (Å²) in [6.45, 7) is 2.24. The largest absolute Gasteiger partial charge is 0.505 e. The first-order valence-corrected chi connectivity index (χ1v) is 5.84. The van der Waals surface area contributed by atoms with E-state index in [1.54, 1.807) is 6.07 Å². The first-order chi connectivity index (χ1) is 7.04. The maximum atomic E-state index is 9.68. The molecular formula is C10H13BrClNO2. The van der Waals surface area contributed by atoms with E-state index < -0.39 is 6.10 Å². The maximum absolute atomic E-state index is 9.68. The predicted molar refractivity (Wildman–Crippen MR) is 65.8 cm³/mol. The van der Waals surface area contributed by atoms with Crippen LogP contribution < -0.4 is 5.32 Å². The van der Waals surface area contributed by atoms with Crippen LogP contribution >= 0.6 is 27.5 Å².